The third kappa shape index (κ3) is 3.41. The maximum absolute atomic E-state index is 6.05. The van der Waals surface area contributed by atoms with Gasteiger partial charge in [0.25, 0.3) is 0 Å². The summed E-state index contributed by atoms with van der Waals surface area (Å²) in [6, 6.07) is 16.9. The van der Waals surface area contributed by atoms with E-state index in [1.807, 2.05) is 12.1 Å². The van der Waals surface area contributed by atoms with Crippen LogP contribution in [0, 0.1) is 0 Å². The molecule has 0 amide bonds. The molecule has 2 aromatic carbocycles. The van der Waals surface area contributed by atoms with E-state index >= 15 is 0 Å². The van der Waals surface area contributed by atoms with Crippen molar-refractivity contribution >= 4 is 11.6 Å². The molecule has 0 aromatic heterocycles. The van der Waals surface area contributed by atoms with Crippen LogP contribution in [0.15, 0.2) is 48.5 Å². The molecule has 0 bridgehead atoms. The fraction of sp³-hybridized carbons (Fsp3) is 0.333. The van der Waals surface area contributed by atoms with Gasteiger partial charge < -0.3 is 5.73 Å². The van der Waals surface area contributed by atoms with Gasteiger partial charge in [0.15, 0.2) is 0 Å². The lowest BCUT2D eigenvalue weighted by molar-refractivity contribution is 0.481. The molecule has 0 spiro atoms. The van der Waals surface area contributed by atoms with Gasteiger partial charge in [-0.3, -0.25) is 0 Å². The van der Waals surface area contributed by atoms with Crippen LogP contribution in [0.4, 0.5) is 0 Å². The third-order valence-corrected chi connectivity index (χ3v) is 4.27. The van der Waals surface area contributed by atoms with Crippen molar-refractivity contribution in [3.63, 3.8) is 0 Å². The number of benzene rings is 2. The fourth-order valence-electron chi connectivity index (χ4n) is 2.49. The largest absolute Gasteiger partial charge is 0.330 e. The number of halogens is 1. The molecule has 0 fully saturated rings. The smallest absolute Gasteiger partial charge is 0.0406 e. The number of hydrogen-bond donors (Lipinski definition) is 1. The van der Waals surface area contributed by atoms with E-state index in [2.05, 4.69) is 50.2 Å². The van der Waals surface area contributed by atoms with Crippen molar-refractivity contribution in [2.75, 3.05) is 6.54 Å². The Kier molecular flexibility index (Phi) is 4.85. The van der Waals surface area contributed by atoms with Gasteiger partial charge in [-0.2, -0.15) is 0 Å². The van der Waals surface area contributed by atoms with Crippen LogP contribution in [0.1, 0.15) is 30.5 Å². The monoisotopic (exact) mass is 287 g/mol. The second kappa shape index (κ2) is 6.43. The van der Waals surface area contributed by atoms with E-state index in [-0.39, 0.29) is 5.41 Å². The average molecular weight is 288 g/mol. The van der Waals surface area contributed by atoms with E-state index < -0.39 is 0 Å². The SMILES string of the molecule is CCc1ccc(CC(C)(CN)c2ccc(Cl)cc2)cc1. The Morgan fingerprint density at radius 3 is 2.00 bits per heavy atom. The van der Waals surface area contributed by atoms with Crippen molar-refractivity contribution in [1.82, 2.24) is 0 Å². The van der Waals surface area contributed by atoms with E-state index in [4.69, 9.17) is 17.3 Å². The second-order valence-corrected chi connectivity index (χ2v) is 6.05. The first kappa shape index (κ1) is 15.1. The molecule has 0 radical (unpaired) electrons. The van der Waals surface area contributed by atoms with Gasteiger partial charge in [0, 0.05) is 17.0 Å². The van der Waals surface area contributed by atoms with Crippen LogP contribution in [-0.4, -0.2) is 6.54 Å². The predicted octanol–water partition coefficient (Wildman–Crippen LogP) is 4.36. The summed E-state index contributed by atoms with van der Waals surface area (Å²) in [6.07, 6.45) is 2.01. The van der Waals surface area contributed by atoms with Crippen molar-refractivity contribution in [3.8, 4) is 0 Å². The Morgan fingerprint density at radius 1 is 0.950 bits per heavy atom. The molecule has 2 aromatic rings. The number of nitrogens with two attached hydrogens (primary N) is 1. The Balaban J connectivity index is 2.23. The Morgan fingerprint density at radius 2 is 1.50 bits per heavy atom. The average Bonchev–Trinajstić information content (AvgIpc) is 2.48. The Bertz CT molecular complexity index is 545. The van der Waals surface area contributed by atoms with Crippen LogP contribution in [0.2, 0.25) is 5.02 Å². The van der Waals surface area contributed by atoms with E-state index in [1.165, 1.54) is 16.7 Å². The minimum absolute atomic E-state index is 0.0572. The molecular formula is C18H22ClN. The van der Waals surface area contributed by atoms with Crippen molar-refractivity contribution in [3.05, 3.63) is 70.2 Å². The summed E-state index contributed by atoms with van der Waals surface area (Å²) in [5, 5.41) is 0.764. The molecule has 20 heavy (non-hydrogen) atoms. The van der Waals surface area contributed by atoms with Crippen LogP contribution in [0.25, 0.3) is 0 Å². The highest BCUT2D eigenvalue weighted by Crippen LogP contribution is 2.28. The van der Waals surface area contributed by atoms with Gasteiger partial charge in [-0.15, -0.1) is 0 Å². The highest BCUT2D eigenvalue weighted by Gasteiger charge is 2.25. The van der Waals surface area contributed by atoms with Gasteiger partial charge >= 0.3 is 0 Å². The Labute approximate surface area is 126 Å². The summed E-state index contributed by atoms with van der Waals surface area (Å²) in [5.74, 6) is 0. The van der Waals surface area contributed by atoms with Crippen LogP contribution >= 0.6 is 11.6 Å². The maximum atomic E-state index is 6.05. The summed E-state index contributed by atoms with van der Waals surface area (Å²) < 4.78 is 0. The molecule has 0 saturated heterocycles. The normalized spacial score (nSPS) is 14.0. The standard InChI is InChI=1S/C18H22ClN/c1-3-14-4-6-15(7-5-14)12-18(2,13-20)16-8-10-17(19)11-9-16/h4-11H,3,12-13,20H2,1-2H3. The van der Waals surface area contributed by atoms with Crippen molar-refractivity contribution in [2.45, 2.75) is 32.1 Å². The molecule has 0 aliphatic heterocycles. The molecular weight excluding hydrogens is 266 g/mol. The quantitative estimate of drug-likeness (QED) is 0.869. The van der Waals surface area contributed by atoms with Crippen LogP contribution in [-0.2, 0) is 18.3 Å². The van der Waals surface area contributed by atoms with Gasteiger partial charge in [0.2, 0.25) is 0 Å². The van der Waals surface area contributed by atoms with Crippen molar-refractivity contribution < 1.29 is 0 Å². The Hall–Kier alpha value is -1.31. The number of hydrogen-bond acceptors (Lipinski definition) is 1. The summed E-state index contributed by atoms with van der Waals surface area (Å²) >= 11 is 5.97. The van der Waals surface area contributed by atoms with Gasteiger partial charge in [0.05, 0.1) is 0 Å². The predicted molar refractivity (Wildman–Crippen MR) is 87.4 cm³/mol. The minimum atomic E-state index is -0.0572. The van der Waals surface area contributed by atoms with Gasteiger partial charge in [-0.25, -0.2) is 0 Å². The lowest BCUT2D eigenvalue weighted by Crippen LogP contribution is -2.34. The maximum Gasteiger partial charge on any atom is 0.0406 e. The first-order valence-electron chi connectivity index (χ1n) is 7.11. The number of aryl methyl sites for hydroxylation is 1. The highest BCUT2D eigenvalue weighted by atomic mass is 35.5. The van der Waals surface area contributed by atoms with Gasteiger partial charge in [-0.05, 0) is 41.7 Å². The lowest BCUT2D eigenvalue weighted by Gasteiger charge is -2.29. The molecule has 1 atom stereocenters. The molecule has 0 saturated carbocycles. The van der Waals surface area contributed by atoms with Gasteiger partial charge in [0.1, 0.15) is 0 Å². The van der Waals surface area contributed by atoms with E-state index in [1.54, 1.807) is 0 Å². The zero-order chi connectivity index (χ0) is 14.6. The van der Waals surface area contributed by atoms with E-state index in [0.717, 1.165) is 17.9 Å². The van der Waals surface area contributed by atoms with E-state index in [0.29, 0.717) is 6.54 Å². The second-order valence-electron chi connectivity index (χ2n) is 5.62. The first-order valence-corrected chi connectivity index (χ1v) is 7.49. The van der Waals surface area contributed by atoms with Crippen molar-refractivity contribution in [1.29, 1.82) is 0 Å². The van der Waals surface area contributed by atoms with Crippen LogP contribution < -0.4 is 5.73 Å². The topological polar surface area (TPSA) is 26.0 Å². The lowest BCUT2D eigenvalue weighted by atomic mass is 9.77. The summed E-state index contributed by atoms with van der Waals surface area (Å²) in [6.45, 7) is 5.00. The molecule has 2 rings (SSSR count). The molecule has 1 nitrogen and oxygen atoms in total. The van der Waals surface area contributed by atoms with E-state index in [9.17, 15) is 0 Å². The first-order chi connectivity index (χ1) is 9.57. The third-order valence-electron chi connectivity index (χ3n) is 4.02. The summed E-state index contributed by atoms with van der Waals surface area (Å²) in [7, 11) is 0. The number of rotatable bonds is 5. The molecule has 0 aliphatic rings. The van der Waals surface area contributed by atoms with Gasteiger partial charge in [-0.1, -0.05) is 61.8 Å². The summed E-state index contributed by atoms with van der Waals surface area (Å²) in [4.78, 5) is 0. The molecule has 106 valence electrons. The molecule has 1 unspecified atom stereocenters. The van der Waals surface area contributed by atoms with Crippen LogP contribution in [0.5, 0.6) is 0 Å². The zero-order valence-corrected chi connectivity index (χ0v) is 13.0. The van der Waals surface area contributed by atoms with Crippen LogP contribution in [0.3, 0.4) is 0 Å². The molecule has 0 aliphatic carbocycles. The summed E-state index contributed by atoms with van der Waals surface area (Å²) in [5.41, 5.74) is 9.92. The highest BCUT2D eigenvalue weighted by molar-refractivity contribution is 6.30. The van der Waals surface area contributed by atoms with Crippen molar-refractivity contribution in [2.24, 2.45) is 5.73 Å². The molecule has 0 heterocycles. The molecule has 2 N–H and O–H groups in total. The zero-order valence-electron chi connectivity index (χ0n) is 12.2. The fourth-order valence-corrected chi connectivity index (χ4v) is 2.61. The molecule has 2 heteroatoms. The minimum Gasteiger partial charge on any atom is -0.330 e.